The van der Waals surface area contributed by atoms with Gasteiger partial charge in [-0.3, -0.25) is 9.78 Å². The average Bonchev–Trinajstić information content (AvgIpc) is 2.62. The fourth-order valence-corrected chi connectivity index (χ4v) is 3.06. The standard InChI is InChI=1S/C17H20N6O3/c1-10(24)21-13-2-4-23(5-3-13)15-14(9-20-17(18)22-15)11-6-12(16(25)26)8-19-7-11/h6-9,13H,2-5H2,1H3,(H,21,24)(H,25,26)(H2,18,20,22). The van der Waals surface area contributed by atoms with Crippen LogP contribution in [0.3, 0.4) is 0 Å². The number of carboxylic acid groups (broad SMARTS) is 1. The highest BCUT2D eigenvalue weighted by Gasteiger charge is 2.23. The first-order valence-electron chi connectivity index (χ1n) is 8.27. The summed E-state index contributed by atoms with van der Waals surface area (Å²) < 4.78 is 0. The van der Waals surface area contributed by atoms with Gasteiger partial charge in [-0.1, -0.05) is 0 Å². The van der Waals surface area contributed by atoms with Crippen LogP contribution in [0.4, 0.5) is 11.8 Å². The van der Waals surface area contributed by atoms with Crippen LogP contribution >= 0.6 is 0 Å². The van der Waals surface area contributed by atoms with E-state index in [1.54, 1.807) is 12.4 Å². The smallest absolute Gasteiger partial charge is 0.337 e. The number of aromatic nitrogens is 3. The molecule has 2 aromatic rings. The Morgan fingerprint density at radius 3 is 2.65 bits per heavy atom. The SMILES string of the molecule is CC(=O)NC1CCN(c2nc(N)ncc2-c2cncc(C(=O)O)c2)CC1. The molecule has 0 saturated carbocycles. The number of rotatable bonds is 4. The van der Waals surface area contributed by atoms with E-state index in [0.717, 1.165) is 12.8 Å². The second-order valence-electron chi connectivity index (χ2n) is 6.19. The van der Waals surface area contributed by atoms with E-state index in [2.05, 4.69) is 25.2 Å². The predicted molar refractivity (Wildman–Crippen MR) is 95.7 cm³/mol. The second kappa shape index (κ2) is 7.34. The summed E-state index contributed by atoms with van der Waals surface area (Å²) in [5.41, 5.74) is 7.15. The van der Waals surface area contributed by atoms with Crippen molar-refractivity contribution in [2.24, 2.45) is 0 Å². The lowest BCUT2D eigenvalue weighted by molar-refractivity contribution is -0.119. The molecule has 0 unspecified atom stereocenters. The molecule has 4 N–H and O–H groups in total. The van der Waals surface area contributed by atoms with Gasteiger partial charge in [-0.05, 0) is 18.9 Å². The Kier molecular flexibility index (Phi) is 4.97. The molecule has 0 spiro atoms. The highest BCUT2D eigenvalue weighted by atomic mass is 16.4. The molecular weight excluding hydrogens is 336 g/mol. The Balaban J connectivity index is 1.89. The summed E-state index contributed by atoms with van der Waals surface area (Å²) in [6.07, 6.45) is 6.03. The second-order valence-corrected chi connectivity index (χ2v) is 6.19. The molecular formula is C17H20N6O3. The van der Waals surface area contributed by atoms with Crippen molar-refractivity contribution in [2.75, 3.05) is 23.7 Å². The molecule has 0 bridgehead atoms. The van der Waals surface area contributed by atoms with Crippen LogP contribution < -0.4 is 16.0 Å². The third-order valence-electron chi connectivity index (χ3n) is 4.29. The van der Waals surface area contributed by atoms with E-state index in [4.69, 9.17) is 5.73 Å². The molecule has 0 aliphatic carbocycles. The van der Waals surface area contributed by atoms with Crippen LogP contribution in [-0.2, 0) is 4.79 Å². The number of nitrogens with zero attached hydrogens (tertiary/aromatic N) is 4. The summed E-state index contributed by atoms with van der Waals surface area (Å²) in [4.78, 5) is 36.9. The van der Waals surface area contributed by atoms with Crippen LogP contribution in [0.25, 0.3) is 11.1 Å². The Bertz CT molecular complexity index is 833. The van der Waals surface area contributed by atoms with Gasteiger partial charge in [0.15, 0.2) is 0 Å². The molecule has 1 amide bonds. The Labute approximate surface area is 150 Å². The van der Waals surface area contributed by atoms with Gasteiger partial charge in [-0.25, -0.2) is 9.78 Å². The number of nitrogen functional groups attached to an aromatic ring is 1. The number of hydrogen-bond donors (Lipinski definition) is 3. The summed E-state index contributed by atoms with van der Waals surface area (Å²) >= 11 is 0. The maximum atomic E-state index is 11.2. The first-order valence-corrected chi connectivity index (χ1v) is 8.27. The highest BCUT2D eigenvalue weighted by molar-refractivity contribution is 5.89. The highest BCUT2D eigenvalue weighted by Crippen LogP contribution is 2.31. The molecule has 1 aliphatic heterocycles. The molecule has 1 fully saturated rings. The van der Waals surface area contributed by atoms with Crippen LogP contribution in [-0.4, -0.2) is 51.1 Å². The molecule has 0 radical (unpaired) electrons. The molecule has 26 heavy (non-hydrogen) atoms. The monoisotopic (exact) mass is 356 g/mol. The fraction of sp³-hybridized carbons (Fsp3) is 0.353. The van der Waals surface area contributed by atoms with E-state index >= 15 is 0 Å². The van der Waals surface area contributed by atoms with E-state index in [-0.39, 0.29) is 23.5 Å². The Morgan fingerprint density at radius 2 is 2.00 bits per heavy atom. The van der Waals surface area contributed by atoms with E-state index in [1.807, 2.05) is 0 Å². The number of anilines is 2. The van der Waals surface area contributed by atoms with Gasteiger partial charge in [0.25, 0.3) is 0 Å². The van der Waals surface area contributed by atoms with E-state index < -0.39 is 5.97 Å². The zero-order valence-electron chi connectivity index (χ0n) is 14.3. The minimum Gasteiger partial charge on any atom is -0.478 e. The van der Waals surface area contributed by atoms with Gasteiger partial charge in [0, 0.05) is 55.8 Å². The summed E-state index contributed by atoms with van der Waals surface area (Å²) in [5.74, 6) is -0.293. The van der Waals surface area contributed by atoms with Crippen LogP contribution in [0.15, 0.2) is 24.7 Å². The zero-order chi connectivity index (χ0) is 18.7. The minimum absolute atomic E-state index is 0.0352. The van der Waals surface area contributed by atoms with Gasteiger partial charge in [0.2, 0.25) is 11.9 Å². The molecule has 0 atom stereocenters. The number of aromatic carboxylic acids is 1. The van der Waals surface area contributed by atoms with Crippen molar-refractivity contribution < 1.29 is 14.7 Å². The van der Waals surface area contributed by atoms with Crippen LogP contribution in [0.2, 0.25) is 0 Å². The summed E-state index contributed by atoms with van der Waals surface area (Å²) in [7, 11) is 0. The van der Waals surface area contributed by atoms with Crippen molar-refractivity contribution in [1.82, 2.24) is 20.3 Å². The van der Waals surface area contributed by atoms with E-state index in [1.165, 1.54) is 19.2 Å². The van der Waals surface area contributed by atoms with Crippen molar-refractivity contribution >= 4 is 23.6 Å². The van der Waals surface area contributed by atoms with Gasteiger partial charge in [-0.2, -0.15) is 4.98 Å². The van der Waals surface area contributed by atoms with Crippen molar-refractivity contribution in [2.45, 2.75) is 25.8 Å². The average molecular weight is 356 g/mol. The molecule has 1 saturated heterocycles. The summed E-state index contributed by atoms with van der Waals surface area (Å²) in [6.45, 7) is 2.90. The number of amides is 1. The lowest BCUT2D eigenvalue weighted by atomic mass is 10.0. The van der Waals surface area contributed by atoms with Crippen LogP contribution in [0.5, 0.6) is 0 Å². The molecule has 2 aromatic heterocycles. The van der Waals surface area contributed by atoms with Crippen molar-refractivity contribution in [3.05, 3.63) is 30.2 Å². The van der Waals surface area contributed by atoms with Gasteiger partial charge in [0.05, 0.1) is 5.56 Å². The van der Waals surface area contributed by atoms with Crippen molar-refractivity contribution in [3.63, 3.8) is 0 Å². The third kappa shape index (κ3) is 3.88. The number of carbonyl (C=O) groups excluding carboxylic acids is 1. The number of hydrogen-bond acceptors (Lipinski definition) is 7. The number of carbonyl (C=O) groups is 2. The lowest BCUT2D eigenvalue weighted by Crippen LogP contribution is -2.44. The van der Waals surface area contributed by atoms with E-state index in [0.29, 0.717) is 30.0 Å². The van der Waals surface area contributed by atoms with Crippen molar-refractivity contribution in [1.29, 1.82) is 0 Å². The molecule has 1 aliphatic rings. The molecule has 3 rings (SSSR count). The largest absolute Gasteiger partial charge is 0.478 e. The molecule has 3 heterocycles. The number of pyridine rings is 1. The number of nitrogens with one attached hydrogen (secondary N) is 1. The molecule has 9 nitrogen and oxygen atoms in total. The topological polar surface area (TPSA) is 134 Å². The number of piperidine rings is 1. The van der Waals surface area contributed by atoms with Gasteiger partial charge in [-0.15, -0.1) is 0 Å². The molecule has 0 aromatic carbocycles. The summed E-state index contributed by atoms with van der Waals surface area (Å²) in [6, 6.07) is 1.68. The quantitative estimate of drug-likeness (QED) is 0.736. The van der Waals surface area contributed by atoms with Gasteiger partial charge >= 0.3 is 5.97 Å². The Morgan fingerprint density at radius 1 is 1.27 bits per heavy atom. The normalized spacial score (nSPS) is 14.9. The van der Waals surface area contributed by atoms with Gasteiger partial charge in [0.1, 0.15) is 5.82 Å². The van der Waals surface area contributed by atoms with Gasteiger partial charge < -0.3 is 21.1 Å². The maximum Gasteiger partial charge on any atom is 0.337 e. The van der Waals surface area contributed by atoms with Crippen LogP contribution in [0.1, 0.15) is 30.1 Å². The molecule has 136 valence electrons. The fourth-order valence-electron chi connectivity index (χ4n) is 3.06. The number of nitrogens with two attached hydrogens (primary N) is 1. The maximum absolute atomic E-state index is 11.2. The summed E-state index contributed by atoms with van der Waals surface area (Å²) in [5, 5.41) is 12.1. The molecule has 9 heteroatoms. The first-order chi connectivity index (χ1) is 12.4. The first kappa shape index (κ1) is 17.6. The van der Waals surface area contributed by atoms with E-state index in [9.17, 15) is 14.7 Å². The lowest BCUT2D eigenvalue weighted by Gasteiger charge is -2.34. The number of carboxylic acids is 1. The zero-order valence-corrected chi connectivity index (χ0v) is 14.3. The third-order valence-corrected chi connectivity index (χ3v) is 4.29. The minimum atomic E-state index is -1.05. The van der Waals surface area contributed by atoms with Crippen molar-refractivity contribution in [3.8, 4) is 11.1 Å². The van der Waals surface area contributed by atoms with Crippen LogP contribution in [0, 0.1) is 0 Å². The predicted octanol–water partition coefficient (Wildman–Crippen LogP) is 0.924. The Hall–Kier alpha value is -3.23.